The molecule has 0 atom stereocenters. The Balaban J connectivity index is 2.41. The smallest absolute Gasteiger partial charge is 0.242 e. The van der Waals surface area contributed by atoms with Crippen LogP contribution in [0.15, 0.2) is 29.3 Å². The molecule has 6 nitrogen and oxygen atoms in total. The molecule has 0 aliphatic heterocycles. The van der Waals surface area contributed by atoms with Gasteiger partial charge in [-0.2, -0.15) is 0 Å². The topological polar surface area (TPSA) is 80.0 Å². The maximum atomic E-state index is 11.7. The Hall–Kier alpha value is -2.24. The number of nitrogens with zero attached hydrogens (tertiary/aromatic N) is 2. The van der Waals surface area contributed by atoms with Gasteiger partial charge in [-0.3, -0.25) is 4.79 Å². The molecule has 3 N–H and O–H groups in total. The van der Waals surface area contributed by atoms with Crippen molar-refractivity contribution in [3.8, 4) is 5.75 Å². The second kappa shape index (κ2) is 8.84. The van der Waals surface area contributed by atoms with Crippen molar-refractivity contribution in [1.29, 1.82) is 0 Å². The first-order valence-corrected chi connectivity index (χ1v) is 7.05. The minimum atomic E-state index is -0.152. The van der Waals surface area contributed by atoms with Gasteiger partial charge in [-0.1, -0.05) is 12.1 Å². The minimum absolute atomic E-state index is 0.0402. The van der Waals surface area contributed by atoms with Gasteiger partial charge in [-0.25, -0.2) is 4.99 Å². The van der Waals surface area contributed by atoms with Crippen LogP contribution in [-0.2, 0) is 11.3 Å². The predicted octanol–water partition coefficient (Wildman–Crippen LogP) is 0.968. The molecule has 1 amide bonds. The molecule has 0 bridgehead atoms. The zero-order valence-corrected chi connectivity index (χ0v) is 12.9. The first-order valence-electron chi connectivity index (χ1n) is 7.05. The van der Waals surface area contributed by atoms with E-state index >= 15 is 0 Å². The van der Waals surface area contributed by atoms with Gasteiger partial charge in [0.1, 0.15) is 12.3 Å². The fourth-order valence-electron chi connectivity index (χ4n) is 1.80. The summed E-state index contributed by atoms with van der Waals surface area (Å²) in [4.78, 5) is 17.7. The van der Waals surface area contributed by atoms with Crippen molar-refractivity contribution in [3.63, 3.8) is 0 Å². The summed E-state index contributed by atoms with van der Waals surface area (Å²) in [5.41, 5.74) is 6.81. The molecule has 1 aromatic rings. The maximum Gasteiger partial charge on any atom is 0.242 e. The number of nitrogens with two attached hydrogens (primary N) is 1. The van der Waals surface area contributed by atoms with Gasteiger partial charge in [0.05, 0.1) is 7.11 Å². The Kier molecular flexibility index (Phi) is 7.08. The van der Waals surface area contributed by atoms with E-state index in [1.165, 1.54) is 0 Å². The van der Waals surface area contributed by atoms with Crippen LogP contribution in [0.3, 0.4) is 0 Å². The molecule has 0 aromatic heterocycles. The van der Waals surface area contributed by atoms with Crippen molar-refractivity contribution in [2.75, 3.05) is 26.7 Å². The molecule has 0 aliphatic carbocycles. The van der Waals surface area contributed by atoms with E-state index < -0.39 is 0 Å². The predicted molar refractivity (Wildman–Crippen MR) is 84.3 cm³/mol. The normalized spacial score (nSPS) is 11.1. The van der Waals surface area contributed by atoms with Gasteiger partial charge in [-0.15, -0.1) is 0 Å². The van der Waals surface area contributed by atoms with Crippen LogP contribution >= 0.6 is 0 Å². The number of carbonyl (C=O) groups is 1. The van der Waals surface area contributed by atoms with Crippen molar-refractivity contribution >= 4 is 11.9 Å². The maximum absolute atomic E-state index is 11.7. The van der Waals surface area contributed by atoms with Crippen LogP contribution in [0, 0.1) is 0 Å². The lowest BCUT2D eigenvalue weighted by atomic mass is 10.2. The highest BCUT2D eigenvalue weighted by Crippen LogP contribution is 2.10. The molecule has 0 spiro atoms. The Labute approximate surface area is 126 Å². The van der Waals surface area contributed by atoms with Crippen molar-refractivity contribution in [1.82, 2.24) is 10.2 Å². The van der Waals surface area contributed by atoms with E-state index in [9.17, 15) is 4.79 Å². The number of aliphatic imine (C=N–C) groups is 1. The number of guanidine groups is 1. The monoisotopic (exact) mass is 292 g/mol. The molecular weight excluding hydrogens is 268 g/mol. The molecule has 1 aromatic carbocycles. The first kappa shape index (κ1) is 16.8. The summed E-state index contributed by atoms with van der Waals surface area (Å²) in [5, 5.41) is 2.81. The zero-order valence-electron chi connectivity index (χ0n) is 12.9. The molecule has 0 radical (unpaired) electrons. The first-order chi connectivity index (χ1) is 10.1. The number of benzene rings is 1. The lowest BCUT2D eigenvalue weighted by Gasteiger charge is -2.19. The average Bonchev–Trinajstić information content (AvgIpc) is 2.52. The second-order valence-corrected chi connectivity index (χ2v) is 4.47. The van der Waals surface area contributed by atoms with E-state index in [0.717, 1.165) is 24.4 Å². The van der Waals surface area contributed by atoms with E-state index in [-0.39, 0.29) is 12.5 Å². The highest BCUT2D eigenvalue weighted by molar-refractivity contribution is 5.83. The molecule has 1 rings (SSSR count). The number of ether oxygens (including phenoxy) is 1. The SMILES string of the molecule is CCN(CC)C(N)=NCC(=O)NCc1ccc(OC)cc1. The summed E-state index contributed by atoms with van der Waals surface area (Å²) in [6, 6.07) is 7.54. The molecule has 6 heteroatoms. The number of hydrogen-bond donors (Lipinski definition) is 2. The zero-order chi connectivity index (χ0) is 15.7. The van der Waals surface area contributed by atoms with E-state index in [2.05, 4.69) is 10.3 Å². The van der Waals surface area contributed by atoms with Crippen LogP contribution in [0.2, 0.25) is 0 Å². The Morgan fingerprint density at radius 3 is 2.43 bits per heavy atom. The standard InChI is InChI=1S/C15H24N4O2/c1-4-19(5-2)15(16)18-11-14(20)17-10-12-6-8-13(21-3)9-7-12/h6-9H,4-5,10-11H2,1-3H3,(H2,16,18)(H,17,20). The third-order valence-corrected chi connectivity index (χ3v) is 3.12. The van der Waals surface area contributed by atoms with Crippen LogP contribution in [0.1, 0.15) is 19.4 Å². The summed E-state index contributed by atoms with van der Waals surface area (Å²) in [7, 11) is 1.62. The summed E-state index contributed by atoms with van der Waals surface area (Å²) < 4.78 is 5.08. The van der Waals surface area contributed by atoms with E-state index in [1.807, 2.05) is 43.0 Å². The molecule has 21 heavy (non-hydrogen) atoms. The fourth-order valence-corrected chi connectivity index (χ4v) is 1.80. The largest absolute Gasteiger partial charge is 0.497 e. The van der Waals surface area contributed by atoms with Crippen molar-refractivity contribution in [2.45, 2.75) is 20.4 Å². The molecule has 0 saturated carbocycles. The van der Waals surface area contributed by atoms with E-state index in [0.29, 0.717) is 12.5 Å². The third kappa shape index (κ3) is 5.72. The van der Waals surface area contributed by atoms with E-state index in [1.54, 1.807) is 7.11 Å². The van der Waals surface area contributed by atoms with Gasteiger partial charge >= 0.3 is 0 Å². The summed E-state index contributed by atoms with van der Waals surface area (Å²) in [6.45, 7) is 6.05. The average molecular weight is 292 g/mol. The van der Waals surface area contributed by atoms with E-state index in [4.69, 9.17) is 10.5 Å². The number of methoxy groups -OCH3 is 1. The third-order valence-electron chi connectivity index (χ3n) is 3.12. The molecule has 0 heterocycles. The quantitative estimate of drug-likeness (QED) is 0.579. The molecule has 0 saturated heterocycles. The van der Waals surface area contributed by atoms with Gasteiger partial charge in [-0.05, 0) is 31.5 Å². The minimum Gasteiger partial charge on any atom is -0.497 e. The molecule has 116 valence electrons. The molecule has 0 aliphatic rings. The summed E-state index contributed by atoms with van der Waals surface area (Å²) in [5.74, 6) is 1.04. The lowest BCUT2D eigenvalue weighted by Crippen LogP contribution is -2.38. The van der Waals surface area contributed by atoms with Crippen LogP contribution < -0.4 is 15.8 Å². The van der Waals surface area contributed by atoms with Gasteiger partial charge in [0, 0.05) is 19.6 Å². The molecule has 0 fully saturated rings. The van der Waals surface area contributed by atoms with Gasteiger partial charge in [0.2, 0.25) is 5.91 Å². The Bertz CT molecular complexity index is 467. The Morgan fingerprint density at radius 1 is 1.29 bits per heavy atom. The molecule has 0 unspecified atom stereocenters. The lowest BCUT2D eigenvalue weighted by molar-refractivity contribution is -0.119. The van der Waals surface area contributed by atoms with Gasteiger partial charge < -0.3 is 20.7 Å². The number of amides is 1. The number of rotatable bonds is 7. The van der Waals surface area contributed by atoms with Crippen molar-refractivity contribution in [3.05, 3.63) is 29.8 Å². The Morgan fingerprint density at radius 2 is 1.90 bits per heavy atom. The summed E-state index contributed by atoms with van der Waals surface area (Å²) in [6.07, 6.45) is 0. The second-order valence-electron chi connectivity index (χ2n) is 4.47. The van der Waals surface area contributed by atoms with Crippen LogP contribution in [-0.4, -0.2) is 43.5 Å². The highest BCUT2D eigenvalue weighted by Gasteiger charge is 2.04. The number of nitrogens with one attached hydrogen (secondary N) is 1. The fraction of sp³-hybridized carbons (Fsp3) is 0.467. The summed E-state index contributed by atoms with van der Waals surface area (Å²) >= 11 is 0. The van der Waals surface area contributed by atoms with Crippen molar-refractivity contribution in [2.24, 2.45) is 10.7 Å². The van der Waals surface area contributed by atoms with Gasteiger partial charge in [0.15, 0.2) is 5.96 Å². The number of hydrogen-bond acceptors (Lipinski definition) is 3. The van der Waals surface area contributed by atoms with Gasteiger partial charge in [0.25, 0.3) is 0 Å². The van der Waals surface area contributed by atoms with Crippen molar-refractivity contribution < 1.29 is 9.53 Å². The molecular formula is C15H24N4O2. The van der Waals surface area contributed by atoms with Crippen LogP contribution in [0.5, 0.6) is 5.75 Å². The highest BCUT2D eigenvalue weighted by atomic mass is 16.5. The van der Waals surface area contributed by atoms with Crippen LogP contribution in [0.4, 0.5) is 0 Å². The van der Waals surface area contributed by atoms with Crippen LogP contribution in [0.25, 0.3) is 0 Å². The number of carbonyl (C=O) groups excluding carboxylic acids is 1.